The van der Waals surface area contributed by atoms with Crippen LogP contribution < -0.4 is 4.74 Å². The van der Waals surface area contributed by atoms with Gasteiger partial charge in [0.15, 0.2) is 0 Å². The monoisotopic (exact) mass is 342 g/mol. The Hall–Kier alpha value is -1.36. The minimum absolute atomic E-state index is 0.146. The topological polar surface area (TPSA) is 46.5 Å². The highest BCUT2D eigenvalue weighted by Crippen LogP contribution is 2.32. The molecule has 21 heavy (non-hydrogen) atoms. The summed E-state index contributed by atoms with van der Waals surface area (Å²) in [6.45, 7) is 0. The zero-order valence-electron chi connectivity index (χ0n) is 11.1. The van der Waals surface area contributed by atoms with Crippen LogP contribution in [0.15, 0.2) is 41.3 Å². The van der Waals surface area contributed by atoms with Crippen molar-refractivity contribution in [3.63, 3.8) is 0 Å². The number of carboxylic acids is 1. The van der Waals surface area contributed by atoms with Gasteiger partial charge in [0.05, 0.1) is 12.1 Å². The molecule has 0 aliphatic carbocycles. The molecular formula is C15H12Cl2O3S. The van der Waals surface area contributed by atoms with Crippen LogP contribution >= 0.6 is 35.0 Å². The van der Waals surface area contributed by atoms with E-state index in [0.717, 1.165) is 10.5 Å². The SMILES string of the molecule is COc1ccc(CSc2cc(Cl)ccc2Cl)cc1C(=O)O. The number of methoxy groups -OCH3 is 1. The highest BCUT2D eigenvalue weighted by Gasteiger charge is 2.12. The number of carbonyl (C=O) groups is 1. The number of benzene rings is 2. The number of ether oxygens (including phenoxy) is 1. The molecule has 0 atom stereocenters. The van der Waals surface area contributed by atoms with E-state index in [2.05, 4.69) is 0 Å². The summed E-state index contributed by atoms with van der Waals surface area (Å²) in [7, 11) is 1.45. The normalized spacial score (nSPS) is 10.4. The predicted octanol–water partition coefficient (Wildman–Crippen LogP) is 4.99. The zero-order valence-corrected chi connectivity index (χ0v) is 13.4. The van der Waals surface area contributed by atoms with Crippen molar-refractivity contribution in [3.05, 3.63) is 57.6 Å². The van der Waals surface area contributed by atoms with Crippen LogP contribution in [0.3, 0.4) is 0 Å². The summed E-state index contributed by atoms with van der Waals surface area (Å²) < 4.78 is 5.03. The molecule has 0 spiro atoms. The van der Waals surface area contributed by atoms with Crippen molar-refractivity contribution in [1.29, 1.82) is 0 Å². The quantitative estimate of drug-likeness (QED) is 0.777. The van der Waals surface area contributed by atoms with Gasteiger partial charge in [-0.2, -0.15) is 0 Å². The van der Waals surface area contributed by atoms with Gasteiger partial charge in [0.25, 0.3) is 0 Å². The maximum absolute atomic E-state index is 11.2. The summed E-state index contributed by atoms with van der Waals surface area (Å²) in [5.74, 6) is -0.0822. The van der Waals surface area contributed by atoms with Gasteiger partial charge in [-0.25, -0.2) is 4.79 Å². The third-order valence-corrected chi connectivity index (χ3v) is 4.59. The van der Waals surface area contributed by atoms with E-state index in [1.165, 1.54) is 18.9 Å². The van der Waals surface area contributed by atoms with Crippen LogP contribution in [0, 0.1) is 0 Å². The molecule has 0 unspecified atom stereocenters. The van der Waals surface area contributed by atoms with Crippen molar-refractivity contribution in [2.45, 2.75) is 10.6 Å². The Balaban J connectivity index is 2.18. The van der Waals surface area contributed by atoms with Crippen LogP contribution in [-0.2, 0) is 5.75 Å². The molecule has 0 saturated heterocycles. The summed E-state index contributed by atoms with van der Waals surface area (Å²) in [4.78, 5) is 12.0. The van der Waals surface area contributed by atoms with Crippen molar-refractivity contribution < 1.29 is 14.6 Å². The Kier molecular flexibility index (Phi) is 5.39. The molecule has 0 radical (unpaired) electrons. The molecule has 2 rings (SSSR count). The Labute approximate surface area is 136 Å². The van der Waals surface area contributed by atoms with Gasteiger partial charge in [-0.3, -0.25) is 0 Å². The Morgan fingerprint density at radius 2 is 2.00 bits per heavy atom. The van der Waals surface area contributed by atoms with Crippen molar-refractivity contribution >= 4 is 40.9 Å². The van der Waals surface area contributed by atoms with Crippen LogP contribution in [0.25, 0.3) is 0 Å². The molecule has 3 nitrogen and oxygen atoms in total. The smallest absolute Gasteiger partial charge is 0.339 e. The first-order chi connectivity index (χ1) is 10.0. The second-order valence-corrected chi connectivity index (χ2v) is 6.06. The maximum Gasteiger partial charge on any atom is 0.339 e. The number of carboxylic acid groups (broad SMARTS) is 1. The third kappa shape index (κ3) is 4.06. The van der Waals surface area contributed by atoms with Crippen molar-refractivity contribution in [1.82, 2.24) is 0 Å². The standard InChI is InChI=1S/C15H12Cl2O3S/c1-20-13-5-2-9(6-11(13)15(18)19)8-21-14-7-10(16)3-4-12(14)17/h2-7H,8H2,1H3,(H,18,19). The van der Waals surface area contributed by atoms with Crippen LogP contribution in [0.1, 0.15) is 15.9 Å². The third-order valence-electron chi connectivity index (χ3n) is 2.78. The van der Waals surface area contributed by atoms with Gasteiger partial charge >= 0.3 is 5.97 Å². The van der Waals surface area contributed by atoms with Crippen molar-refractivity contribution in [2.24, 2.45) is 0 Å². The molecule has 0 bridgehead atoms. The molecule has 0 amide bonds. The van der Waals surface area contributed by atoms with Crippen molar-refractivity contribution in [2.75, 3.05) is 7.11 Å². The molecule has 0 heterocycles. The van der Waals surface area contributed by atoms with Crippen molar-refractivity contribution in [3.8, 4) is 5.75 Å². The van der Waals surface area contributed by atoms with Gasteiger partial charge in [0, 0.05) is 15.7 Å². The molecule has 0 saturated carbocycles. The van der Waals surface area contributed by atoms with Crippen LogP contribution in [0.5, 0.6) is 5.75 Å². The van der Waals surface area contributed by atoms with Gasteiger partial charge in [-0.15, -0.1) is 11.8 Å². The van der Waals surface area contributed by atoms with Crippen LogP contribution in [0.2, 0.25) is 10.0 Å². The minimum Gasteiger partial charge on any atom is -0.496 e. The molecule has 0 fully saturated rings. The number of hydrogen-bond acceptors (Lipinski definition) is 3. The molecule has 1 N–H and O–H groups in total. The average Bonchev–Trinajstić information content (AvgIpc) is 2.47. The number of halogens is 2. The average molecular weight is 343 g/mol. The summed E-state index contributed by atoms with van der Waals surface area (Å²) in [6.07, 6.45) is 0. The highest BCUT2D eigenvalue weighted by molar-refractivity contribution is 7.98. The van der Waals surface area contributed by atoms with E-state index in [0.29, 0.717) is 21.5 Å². The Bertz CT molecular complexity index is 674. The maximum atomic E-state index is 11.2. The molecule has 2 aromatic rings. The minimum atomic E-state index is -1.01. The number of thioether (sulfide) groups is 1. The largest absolute Gasteiger partial charge is 0.496 e. The lowest BCUT2D eigenvalue weighted by Gasteiger charge is -2.08. The van der Waals surface area contributed by atoms with Gasteiger partial charge in [0.1, 0.15) is 11.3 Å². The number of hydrogen-bond donors (Lipinski definition) is 1. The Morgan fingerprint density at radius 1 is 1.24 bits per heavy atom. The Morgan fingerprint density at radius 3 is 2.67 bits per heavy atom. The molecule has 0 aliphatic rings. The summed E-state index contributed by atoms with van der Waals surface area (Å²) >= 11 is 13.5. The van der Waals surface area contributed by atoms with E-state index in [1.807, 2.05) is 6.07 Å². The lowest BCUT2D eigenvalue weighted by atomic mass is 10.1. The highest BCUT2D eigenvalue weighted by atomic mass is 35.5. The van der Waals surface area contributed by atoms with Crippen LogP contribution in [-0.4, -0.2) is 18.2 Å². The molecule has 6 heteroatoms. The van der Waals surface area contributed by atoms with Gasteiger partial charge < -0.3 is 9.84 Å². The summed E-state index contributed by atoms with van der Waals surface area (Å²) in [5, 5.41) is 10.4. The lowest BCUT2D eigenvalue weighted by molar-refractivity contribution is 0.0693. The summed E-state index contributed by atoms with van der Waals surface area (Å²) in [5.41, 5.74) is 1.02. The van der Waals surface area contributed by atoms with Gasteiger partial charge in [-0.1, -0.05) is 29.3 Å². The van der Waals surface area contributed by atoms with Crippen LogP contribution in [0.4, 0.5) is 0 Å². The predicted molar refractivity (Wildman–Crippen MR) is 86.0 cm³/mol. The molecule has 0 aliphatic heterocycles. The fraction of sp³-hybridized carbons (Fsp3) is 0.133. The fourth-order valence-electron chi connectivity index (χ4n) is 1.76. The number of rotatable bonds is 5. The van der Waals surface area contributed by atoms with E-state index in [9.17, 15) is 4.79 Å². The molecule has 110 valence electrons. The van der Waals surface area contributed by atoms with Gasteiger partial charge in [0.2, 0.25) is 0 Å². The van der Waals surface area contributed by atoms with E-state index in [-0.39, 0.29) is 5.56 Å². The first-order valence-electron chi connectivity index (χ1n) is 5.99. The van der Waals surface area contributed by atoms with E-state index in [1.54, 1.807) is 30.3 Å². The van der Waals surface area contributed by atoms with E-state index < -0.39 is 5.97 Å². The van der Waals surface area contributed by atoms with E-state index >= 15 is 0 Å². The number of aromatic carboxylic acids is 1. The lowest BCUT2D eigenvalue weighted by Crippen LogP contribution is -2.01. The second kappa shape index (κ2) is 7.07. The first-order valence-corrected chi connectivity index (χ1v) is 7.73. The van der Waals surface area contributed by atoms with Gasteiger partial charge in [-0.05, 0) is 35.9 Å². The zero-order chi connectivity index (χ0) is 15.4. The molecular weight excluding hydrogens is 331 g/mol. The first kappa shape index (κ1) is 16.0. The fourth-order valence-corrected chi connectivity index (χ4v) is 3.20. The molecule has 0 aromatic heterocycles. The summed E-state index contributed by atoms with van der Waals surface area (Å²) in [6, 6.07) is 10.3. The molecule has 2 aromatic carbocycles. The second-order valence-electron chi connectivity index (χ2n) is 4.20. The van der Waals surface area contributed by atoms with E-state index in [4.69, 9.17) is 33.0 Å².